The van der Waals surface area contributed by atoms with Crippen molar-refractivity contribution >= 4 is 35.1 Å². The van der Waals surface area contributed by atoms with Crippen LogP contribution in [0.25, 0.3) is 0 Å². The van der Waals surface area contributed by atoms with E-state index in [1.165, 1.54) is 18.9 Å². The summed E-state index contributed by atoms with van der Waals surface area (Å²) in [6.45, 7) is 0. The van der Waals surface area contributed by atoms with Gasteiger partial charge in [0.2, 0.25) is 5.91 Å². The maximum absolute atomic E-state index is 13.2. The van der Waals surface area contributed by atoms with Crippen molar-refractivity contribution in [2.75, 3.05) is 19.5 Å². The fraction of sp³-hybridized carbons (Fsp3) is 0.261. The molecule has 1 amide bonds. The van der Waals surface area contributed by atoms with Gasteiger partial charge in [0.05, 0.1) is 19.8 Å². The molecule has 0 bridgehead atoms. The number of para-hydroxylation sites is 1. The molecule has 1 aromatic heterocycles. The maximum Gasteiger partial charge on any atom is 0.279 e. The van der Waals surface area contributed by atoms with Crippen molar-refractivity contribution in [2.24, 2.45) is 7.05 Å². The Balaban J connectivity index is 1.75. The monoisotopic (exact) mass is 471 g/mol. The first-order chi connectivity index (χ1) is 15.4. The molecular weight excluding hydrogens is 450 g/mol. The van der Waals surface area contributed by atoms with Crippen LogP contribution in [0, 0.1) is 0 Å². The Kier molecular flexibility index (Phi) is 6.43. The Morgan fingerprint density at radius 3 is 2.59 bits per heavy atom. The number of methoxy groups -OCH3 is 2. The summed E-state index contributed by atoms with van der Waals surface area (Å²) in [6.07, 6.45) is 0.116. The number of carbonyl (C=O) groups excluding carboxylic acids is 1. The molecule has 1 aliphatic heterocycles. The lowest BCUT2D eigenvalue weighted by Gasteiger charge is -2.28. The van der Waals surface area contributed by atoms with Gasteiger partial charge in [0.1, 0.15) is 5.82 Å². The second-order valence-corrected chi connectivity index (χ2v) is 8.70. The van der Waals surface area contributed by atoms with Crippen molar-refractivity contribution < 1.29 is 14.3 Å². The van der Waals surface area contributed by atoms with Crippen LogP contribution in [0.2, 0.25) is 5.02 Å². The molecule has 0 unspecified atom stereocenters. The molecule has 0 fully saturated rings. The molecule has 0 saturated carbocycles. The smallest absolute Gasteiger partial charge is 0.279 e. The van der Waals surface area contributed by atoms with E-state index < -0.39 is 5.92 Å². The summed E-state index contributed by atoms with van der Waals surface area (Å²) in [5, 5.41) is 4.04. The molecule has 1 N–H and O–H groups in total. The van der Waals surface area contributed by atoms with Crippen LogP contribution >= 0.6 is 23.4 Å². The molecule has 2 heterocycles. The molecule has 32 heavy (non-hydrogen) atoms. The number of halogens is 1. The predicted octanol–water partition coefficient (Wildman–Crippen LogP) is 4.22. The number of hydrogen-bond donors (Lipinski definition) is 1. The number of fused-ring (bicyclic) bond motifs is 1. The summed E-state index contributed by atoms with van der Waals surface area (Å²) in [6, 6.07) is 12.9. The van der Waals surface area contributed by atoms with Crippen molar-refractivity contribution in [2.45, 2.75) is 23.2 Å². The van der Waals surface area contributed by atoms with Gasteiger partial charge in [-0.05, 0) is 23.8 Å². The number of aromatic nitrogens is 2. The van der Waals surface area contributed by atoms with Gasteiger partial charge in [0, 0.05) is 35.7 Å². The summed E-state index contributed by atoms with van der Waals surface area (Å²) < 4.78 is 12.7. The highest BCUT2D eigenvalue weighted by Crippen LogP contribution is 2.43. The Morgan fingerprint density at radius 1 is 1.16 bits per heavy atom. The summed E-state index contributed by atoms with van der Waals surface area (Å²) in [5.74, 6) is 1.43. The van der Waals surface area contributed by atoms with Gasteiger partial charge >= 0.3 is 0 Å². The van der Waals surface area contributed by atoms with Crippen LogP contribution in [0.1, 0.15) is 29.0 Å². The molecule has 0 saturated heterocycles. The summed E-state index contributed by atoms with van der Waals surface area (Å²) in [4.78, 5) is 30.1. The van der Waals surface area contributed by atoms with Gasteiger partial charge in [-0.25, -0.2) is 0 Å². The molecule has 0 aliphatic carbocycles. The third-order valence-electron chi connectivity index (χ3n) is 5.39. The quantitative estimate of drug-likeness (QED) is 0.428. The minimum absolute atomic E-state index is 0.116. The highest BCUT2D eigenvalue weighted by atomic mass is 35.5. The van der Waals surface area contributed by atoms with Crippen molar-refractivity contribution in [3.63, 3.8) is 0 Å². The number of ether oxygens (including phenoxy) is 2. The largest absolute Gasteiger partial charge is 0.493 e. The van der Waals surface area contributed by atoms with Crippen molar-refractivity contribution in [1.29, 1.82) is 0 Å². The molecule has 2 aromatic carbocycles. The zero-order chi connectivity index (χ0) is 22.8. The number of rotatable bonds is 6. The Hall–Kier alpha value is -2.97. The molecule has 0 radical (unpaired) electrons. The highest BCUT2D eigenvalue weighted by Gasteiger charge is 2.34. The number of hydrogen-bond acceptors (Lipinski definition) is 6. The van der Waals surface area contributed by atoms with E-state index in [1.54, 1.807) is 24.8 Å². The number of carbonyl (C=O) groups is 1. The van der Waals surface area contributed by atoms with Crippen LogP contribution in [0.15, 0.2) is 52.4 Å². The molecule has 4 rings (SSSR count). The molecule has 7 nitrogen and oxygen atoms in total. The SMILES string of the molecule is COc1cccc([C@H]2CC(=O)Nc3c2c(=O)nc(SCc2ccc(Cl)cc2)n3C)c1OC. The van der Waals surface area contributed by atoms with E-state index in [0.29, 0.717) is 44.4 Å². The van der Waals surface area contributed by atoms with Crippen LogP contribution in [0.4, 0.5) is 5.82 Å². The topological polar surface area (TPSA) is 82.5 Å². The van der Waals surface area contributed by atoms with E-state index in [4.69, 9.17) is 21.1 Å². The van der Waals surface area contributed by atoms with Gasteiger partial charge in [0.25, 0.3) is 5.56 Å². The van der Waals surface area contributed by atoms with Crippen LogP contribution in [-0.2, 0) is 17.6 Å². The van der Waals surface area contributed by atoms with Gasteiger partial charge in [-0.1, -0.05) is 47.6 Å². The van der Waals surface area contributed by atoms with Crippen LogP contribution in [0.3, 0.4) is 0 Å². The Morgan fingerprint density at radius 2 is 1.91 bits per heavy atom. The predicted molar refractivity (Wildman–Crippen MR) is 125 cm³/mol. The van der Waals surface area contributed by atoms with Gasteiger partial charge in [-0.15, -0.1) is 0 Å². The number of thioether (sulfide) groups is 1. The molecule has 0 spiro atoms. The van der Waals surface area contributed by atoms with Crippen LogP contribution < -0.4 is 20.3 Å². The normalized spacial score (nSPS) is 15.1. The van der Waals surface area contributed by atoms with Crippen molar-refractivity contribution in [3.8, 4) is 11.5 Å². The van der Waals surface area contributed by atoms with Crippen LogP contribution in [-0.4, -0.2) is 29.7 Å². The maximum atomic E-state index is 13.2. The number of nitrogens with zero attached hydrogens (tertiary/aromatic N) is 2. The minimum Gasteiger partial charge on any atom is -0.493 e. The first kappa shape index (κ1) is 22.2. The average molecular weight is 472 g/mol. The van der Waals surface area contributed by atoms with Crippen molar-refractivity contribution in [3.05, 3.63) is 74.5 Å². The lowest BCUT2D eigenvalue weighted by molar-refractivity contribution is -0.116. The summed E-state index contributed by atoms with van der Waals surface area (Å²) in [7, 11) is 4.88. The van der Waals surface area contributed by atoms with E-state index in [-0.39, 0.29) is 17.9 Å². The second kappa shape index (κ2) is 9.26. The third kappa shape index (κ3) is 4.20. The van der Waals surface area contributed by atoms with Crippen LogP contribution in [0.5, 0.6) is 11.5 Å². The van der Waals surface area contributed by atoms with Gasteiger partial charge in [-0.2, -0.15) is 4.98 Å². The fourth-order valence-corrected chi connectivity index (χ4v) is 4.89. The highest BCUT2D eigenvalue weighted by molar-refractivity contribution is 7.98. The molecule has 1 aliphatic rings. The summed E-state index contributed by atoms with van der Waals surface area (Å²) in [5.41, 5.74) is 1.83. The molecule has 3 aromatic rings. The van der Waals surface area contributed by atoms with E-state index in [9.17, 15) is 9.59 Å². The lowest BCUT2D eigenvalue weighted by Crippen LogP contribution is -2.33. The number of anilines is 1. The van der Waals surface area contributed by atoms with E-state index in [1.807, 2.05) is 36.4 Å². The number of amides is 1. The zero-order valence-corrected chi connectivity index (χ0v) is 19.4. The van der Waals surface area contributed by atoms with Crippen molar-refractivity contribution in [1.82, 2.24) is 9.55 Å². The standard InChI is InChI=1S/C23H22ClN3O4S/c1-27-21-19(22(29)26-23(27)32-12-13-7-9-14(24)10-8-13)16(11-18(28)25-21)15-5-4-6-17(30-2)20(15)31-3/h4-10,16H,11-12H2,1-3H3,(H,25,28)/t16-/m1/s1. The van der Waals surface area contributed by atoms with E-state index in [0.717, 1.165) is 5.56 Å². The van der Waals surface area contributed by atoms with Gasteiger partial charge in [0.15, 0.2) is 16.7 Å². The van der Waals surface area contributed by atoms with Gasteiger partial charge in [-0.3, -0.25) is 9.59 Å². The second-order valence-electron chi connectivity index (χ2n) is 7.32. The minimum atomic E-state index is -0.495. The average Bonchev–Trinajstić information content (AvgIpc) is 2.80. The molecule has 166 valence electrons. The fourth-order valence-electron chi connectivity index (χ4n) is 3.84. The lowest BCUT2D eigenvalue weighted by atomic mass is 9.86. The Labute approximate surface area is 194 Å². The first-order valence-corrected chi connectivity index (χ1v) is 11.3. The third-order valence-corrected chi connectivity index (χ3v) is 6.74. The van der Waals surface area contributed by atoms with Gasteiger partial charge < -0.3 is 19.4 Å². The zero-order valence-electron chi connectivity index (χ0n) is 17.8. The van der Waals surface area contributed by atoms with E-state index in [2.05, 4.69) is 10.3 Å². The molecule has 9 heteroatoms. The summed E-state index contributed by atoms with van der Waals surface area (Å²) >= 11 is 7.37. The molecule has 1 atom stereocenters. The number of nitrogens with one attached hydrogen (secondary N) is 1. The molecular formula is C23H22ClN3O4S. The number of benzene rings is 2. The van der Waals surface area contributed by atoms with E-state index >= 15 is 0 Å². The Bertz CT molecular complexity index is 1230. The first-order valence-electron chi connectivity index (χ1n) is 9.91.